The maximum absolute atomic E-state index is 4.81. The average molecular weight is 408 g/mol. The van der Waals surface area contributed by atoms with Gasteiger partial charge in [0.15, 0.2) is 0 Å². The SMILES string of the molecule is Ic1nc2ccccc2nc1-c1cccc(-c2ccccc2)c1. The number of benzene rings is 3. The molecule has 4 aromatic rings. The summed E-state index contributed by atoms with van der Waals surface area (Å²) in [5, 5.41) is 0. The van der Waals surface area contributed by atoms with E-state index in [9.17, 15) is 0 Å². The number of hydrogen-bond acceptors (Lipinski definition) is 2. The monoisotopic (exact) mass is 408 g/mol. The molecule has 23 heavy (non-hydrogen) atoms. The van der Waals surface area contributed by atoms with Crippen molar-refractivity contribution in [3.8, 4) is 22.4 Å². The zero-order valence-corrected chi connectivity index (χ0v) is 14.4. The molecule has 110 valence electrons. The quantitative estimate of drug-likeness (QED) is 0.406. The van der Waals surface area contributed by atoms with Crippen molar-refractivity contribution in [1.82, 2.24) is 9.97 Å². The molecule has 2 nitrogen and oxygen atoms in total. The van der Waals surface area contributed by atoms with Crippen molar-refractivity contribution >= 4 is 33.6 Å². The van der Waals surface area contributed by atoms with E-state index in [1.807, 2.05) is 30.3 Å². The van der Waals surface area contributed by atoms with E-state index in [0.29, 0.717) is 0 Å². The van der Waals surface area contributed by atoms with Crippen molar-refractivity contribution < 1.29 is 0 Å². The predicted molar refractivity (Wildman–Crippen MR) is 103 cm³/mol. The molecular weight excluding hydrogens is 395 g/mol. The van der Waals surface area contributed by atoms with Crippen LogP contribution in [-0.4, -0.2) is 9.97 Å². The van der Waals surface area contributed by atoms with Crippen molar-refractivity contribution in [3.05, 3.63) is 82.6 Å². The van der Waals surface area contributed by atoms with Crippen molar-refractivity contribution in [2.75, 3.05) is 0 Å². The molecule has 0 fully saturated rings. The van der Waals surface area contributed by atoms with Crippen LogP contribution in [0.5, 0.6) is 0 Å². The van der Waals surface area contributed by atoms with Gasteiger partial charge in [0.05, 0.1) is 11.0 Å². The van der Waals surface area contributed by atoms with E-state index < -0.39 is 0 Å². The molecule has 1 heterocycles. The van der Waals surface area contributed by atoms with E-state index in [2.05, 4.69) is 76.1 Å². The van der Waals surface area contributed by atoms with Gasteiger partial charge in [-0.3, -0.25) is 0 Å². The third-order valence-electron chi connectivity index (χ3n) is 3.77. The Morgan fingerprint density at radius 3 is 1.96 bits per heavy atom. The third-order valence-corrected chi connectivity index (χ3v) is 4.52. The second-order valence-electron chi connectivity index (χ2n) is 5.30. The highest BCUT2D eigenvalue weighted by molar-refractivity contribution is 14.1. The smallest absolute Gasteiger partial charge is 0.128 e. The Hall–Kier alpha value is -2.27. The average Bonchev–Trinajstić information content (AvgIpc) is 2.62. The second-order valence-corrected chi connectivity index (χ2v) is 6.32. The molecule has 4 rings (SSSR count). The molecular formula is C20H13IN2. The van der Waals surface area contributed by atoms with Crippen LogP contribution < -0.4 is 0 Å². The Kier molecular flexibility index (Phi) is 3.79. The van der Waals surface area contributed by atoms with Crippen LogP contribution in [0.2, 0.25) is 0 Å². The van der Waals surface area contributed by atoms with E-state index >= 15 is 0 Å². The zero-order chi connectivity index (χ0) is 15.6. The second kappa shape index (κ2) is 6.08. The molecule has 1 aromatic heterocycles. The van der Waals surface area contributed by atoms with Crippen LogP contribution in [0.25, 0.3) is 33.4 Å². The standard InChI is InChI=1S/C20H13IN2/c21-20-19(22-17-11-4-5-12-18(17)23-20)16-10-6-9-15(13-16)14-7-2-1-3-8-14/h1-13H. The molecule has 0 saturated carbocycles. The number of para-hydroxylation sites is 2. The predicted octanol–water partition coefficient (Wildman–Crippen LogP) is 5.57. The highest BCUT2D eigenvalue weighted by atomic mass is 127. The Balaban J connectivity index is 1.86. The summed E-state index contributed by atoms with van der Waals surface area (Å²) in [5.74, 6) is 0. The van der Waals surface area contributed by atoms with Gasteiger partial charge >= 0.3 is 0 Å². The van der Waals surface area contributed by atoms with Gasteiger partial charge in [0.1, 0.15) is 9.39 Å². The lowest BCUT2D eigenvalue weighted by Crippen LogP contribution is -1.94. The van der Waals surface area contributed by atoms with E-state index in [1.165, 1.54) is 11.1 Å². The first-order chi connectivity index (χ1) is 11.3. The lowest BCUT2D eigenvalue weighted by molar-refractivity contribution is 1.25. The molecule has 3 heteroatoms. The summed E-state index contributed by atoms with van der Waals surface area (Å²) in [6.07, 6.45) is 0. The van der Waals surface area contributed by atoms with Crippen LogP contribution >= 0.6 is 22.6 Å². The normalized spacial score (nSPS) is 10.8. The number of nitrogens with zero attached hydrogens (tertiary/aromatic N) is 2. The fraction of sp³-hybridized carbons (Fsp3) is 0. The third kappa shape index (κ3) is 2.84. The largest absolute Gasteiger partial charge is 0.243 e. The van der Waals surface area contributed by atoms with Crippen LogP contribution in [0.3, 0.4) is 0 Å². The maximum Gasteiger partial charge on any atom is 0.128 e. The van der Waals surface area contributed by atoms with E-state index in [4.69, 9.17) is 4.98 Å². The van der Waals surface area contributed by atoms with Gasteiger partial charge in [-0.2, -0.15) is 0 Å². The van der Waals surface area contributed by atoms with Gasteiger partial charge in [-0.15, -0.1) is 0 Å². The fourth-order valence-corrected chi connectivity index (χ4v) is 3.33. The van der Waals surface area contributed by atoms with Gasteiger partial charge in [0, 0.05) is 5.56 Å². The lowest BCUT2D eigenvalue weighted by atomic mass is 10.0. The first kappa shape index (κ1) is 14.3. The van der Waals surface area contributed by atoms with Crippen LogP contribution in [0.4, 0.5) is 0 Å². The van der Waals surface area contributed by atoms with Crippen molar-refractivity contribution in [2.24, 2.45) is 0 Å². The number of halogens is 1. The Bertz CT molecular complexity index is 981. The van der Waals surface area contributed by atoms with Crippen LogP contribution in [0.1, 0.15) is 0 Å². The van der Waals surface area contributed by atoms with Gasteiger partial charge < -0.3 is 0 Å². The molecule has 0 saturated heterocycles. The Labute approximate surface area is 148 Å². The molecule has 0 aliphatic carbocycles. The Morgan fingerprint density at radius 2 is 1.17 bits per heavy atom. The molecule has 0 atom stereocenters. The molecule has 0 aliphatic rings. The highest BCUT2D eigenvalue weighted by Gasteiger charge is 2.09. The van der Waals surface area contributed by atoms with Crippen LogP contribution in [0.15, 0.2) is 78.9 Å². The van der Waals surface area contributed by atoms with Crippen molar-refractivity contribution in [1.29, 1.82) is 0 Å². The summed E-state index contributed by atoms with van der Waals surface area (Å²) in [6, 6.07) is 26.8. The van der Waals surface area contributed by atoms with E-state index in [0.717, 1.165) is 26.0 Å². The molecule has 0 amide bonds. The number of aromatic nitrogens is 2. The molecule has 0 spiro atoms. The van der Waals surface area contributed by atoms with Crippen LogP contribution in [0, 0.1) is 3.70 Å². The molecule has 0 radical (unpaired) electrons. The molecule has 3 aromatic carbocycles. The molecule has 0 bridgehead atoms. The fourth-order valence-electron chi connectivity index (χ4n) is 2.64. The minimum atomic E-state index is 0.923. The minimum Gasteiger partial charge on any atom is -0.243 e. The van der Waals surface area contributed by atoms with Crippen molar-refractivity contribution in [2.45, 2.75) is 0 Å². The van der Waals surface area contributed by atoms with E-state index in [-0.39, 0.29) is 0 Å². The first-order valence-electron chi connectivity index (χ1n) is 7.39. The summed E-state index contributed by atoms with van der Waals surface area (Å²) in [7, 11) is 0. The number of hydrogen-bond donors (Lipinski definition) is 0. The summed E-state index contributed by atoms with van der Waals surface area (Å²) in [4.78, 5) is 9.49. The zero-order valence-electron chi connectivity index (χ0n) is 12.3. The van der Waals surface area contributed by atoms with E-state index in [1.54, 1.807) is 0 Å². The van der Waals surface area contributed by atoms with Crippen molar-refractivity contribution in [3.63, 3.8) is 0 Å². The summed E-state index contributed by atoms with van der Waals surface area (Å²) in [6.45, 7) is 0. The summed E-state index contributed by atoms with van der Waals surface area (Å²) < 4.78 is 0.923. The Morgan fingerprint density at radius 1 is 0.565 bits per heavy atom. The van der Waals surface area contributed by atoms with Crippen LogP contribution in [-0.2, 0) is 0 Å². The minimum absolute atomic E-state index is 0.923. The number of fused-ring (bicyclic) bond motifs is 1. The van der Waals surface area contributed by atoms with Gasteiger partial charge in [0.2, 0.25) is 0 Å². The van der Waals surface area contributed by atoms with Gasteiger partial charge in [0.25, 0.3) is 0 Å². The van der Waals surface area contributed by atoms with Gasteiger partial charge in [-0.05, 0) is 51.9 Å². The first-order valence-corrected chi connectivity index (χ1v) is 8.47. The lowest BCUT2D eigenvalue weighted by Gasteiger charge is -2.08. The summed E-state index contributed by atoms with van der Waals surface area (Å²) in [5.41, 5.74) is 6.27. The summed E-state index contributed by atoms with van der Waals surface area (Å²) >= 11 is 2.26. The molecule has 0 aliphatic heterocycles. The highest BCUT2D eigenvalue weighted by Crippen LogP contribution is 2.28. The maximum atomic E-state index is 4.81. The van der Waals surface area contributed by atoms with Gasteiger partial charge in [-0.1, -0.05) is 60.7 Å². The molecule has 0 unspecified atom stereocenters. The number of rotatable bonds is 2. The van der Waals surface area contributed by atoms with Gasteiger partial charge in [-0.25, -0.2) is 9.97 Å². The topological polar surface area (TPSA) is 25.8 Å². The molecule has 0 N–H and O–H groups in total.